The van der Waals surface area contributed by atoms with Gasteiger partial charge in [0.25, 0.3) is 0 Å². The summed E-state index contributed by atoms with van der Waals surface area (Å²) in [7, 11) is 1.56. The summed E-state index contributed by atoms with van der Waals surface area (Å²) in [6.45, 7) is 0.0755. The highest BCUT2D eigenvalue weighted by atomic mass is 35.5. The van der Waals surface area contributed by atoms with E-state index in [0.717, 1.165) is 5.56 Å². The fourth-order valence-electron chi connectivity index (χ4n) is 1.21. The van der Waals surface area contributed by atoms with Crippen LogP contribution in [0.3, 0.4) is 0 Å². The summed E-state index contributed by atoms with van der Waals surface area (Å²) >= 11 is 5.86. The van der Waals surface area contributed by atoms with Gasteiger partial charge in [0.15, 0.2) is 0 Å². The first kappa shape index (κ1) is 11.3. The minimum Gasteiger partial charge on any atom is -0.495 e. The maximum atomic E-state index is 8.74. The second-order valence-electron chi connectivity index (χ2n) is 3.01. The van der Waals surface area contributed by atoms with Crippen LogP contribution < -0.4 is 10.5 Å². The zero-order valence-electron chi connectivity index (χ0n) is 8.03. The van der Waals surface area contributed by atoms with Crippen LogP contribution in [0.1, 0.15) is 18.0 Å². The lowest BCUT2D eigenvalue weighted by Gasteiger charge is -2.12. The summed E-state index contributed by atoms with van der Waals surface area (Å²) in [6.07, 6.45) is 0.533. The van der Waals surface area contributed by atoms with Crippen LogP contribution in [0, 0.1) is 0 Å². The summed E-state index contributed by atoms with van der Waals surface area (Å²) in [5.74, 6) is 0.609. The number of aliphatic hydroxyl groups is 1. The van der Waals surface area contributed by atoms with Gasteiger partial charge in [-0.05, 0) is 24.1 Å². The van der Waals surface area contributed by atoms with Crippen molar-refractivity contribution in [3.8, 4) is 5.75 Å². The van der Waals surface area contributed by atoms with E-state index in [1.54, 1.807) is 19.2 Å². The quantitative estimate of drug-likeness (QED) is 0.805. The molecule has 0 amide bonds. The lowest BCUT2D eigenvalue weighted by molar-refractivity contribution is 0.276. The molecule has 1 aromatic carbocycles. The Bertz CT molecular complexity index is 304. The van der Waals surface area contributed by atoms with E-state index in [-0.39, 0.29) is 12.6 Å². The van der Waals surface area contributed by atoms with Crippen molar-refractivity contribution in [1.29, 1.82) is 0 Å². The van der Waals surface area contributed by atoms with Crippen molar-refractivity contribution in [2.24, 2.45) is 5.73 Å². The van der Waals surface area contributed by atoms with Crippen molar-refractivity contribution in [2.45, 2.75) is 12.5 Å². The van der Waals surface area contributed by atoms with Crippen LogP contribution in [0.25, 0.3) is 0 Å². The maximum absolute atomic E-state index is 8.74. The molecule has 1 aromatic rings. The molecule has 0 aliphatic rings. The molecule has 14 heavy (non-hydrogen) atoms. The number of aliphatic hydroxyl groups excluding tert-OH is 1. The predicted molar refractivity (Wildman–Crippen MR) is 56.6 cm³/mol. The van der Waals surface area contributed by atoms with Gasteiger partial charge in [0.05, 0.1) is 12.1 Å². The standard InChI is InChI=1S/C10H14ClNO2/c1-14-10-6-7(2-3-8(10)11)9(12)4-5-13/h2-3,6,9,13H,4-5,12H2,1H3/t9-/m0/s1. The van der Waals surface area contributed by atoms with Crippen LogP contribution in [-0.2, 0) is 0 Å². The van der Waals surface area contributed by atoms with E-state index in [1.165, 1.54) is 0 Å². The normalized spacial score (nSPS) is 12.6. The summed E-state index contributed by atoms with van der Waals surface area (Å²) in [5, 5.41) is 9.30. The average Bonchev–Trinajstić information content (AvgIpc) is 2.19. The smallest absolute Gasteiger partial charge is 0.137 e. The Morgan fingerprint density at radius 3 is 2.86 bits per heavy atom. The van der Waals surface area contributed by atoms with Crippen molar-refractivity contribution in [3.63, 3.8) is 0 Å². The van der Waals surface area contributed by atoms with Gasteiger partial charge in [0.2, 0.25) is 0 Å². The van der Waals surface area contributed by atoms with Crippen LogP contribution in [0.15, 0.2) is 18.2 Å². The van der Waals surface area contributed by atoms with Gasteiger partial charge in [-0.1, -0.05) is 17.7 Å². The van der Waals surface area contributed by atoms with E-state index < -0.39 is 0 Å². The van der Waals surface area contributed by atoms with Gasteiger partial charge >= 0.3 is 0 Å². The summed E-state index contributed by atoms with van der Waals surface area (Å²) < 4.78 is 5.06. The highest BCUT2D eigenvalue weighted by molar-refractivity contribution is 6.32. The van der Waals surface area contributed by atoms with Crippen LogP contribution in [-0.4, -0.2) is 18.8 Å². The second-order valence-corrected chi connectivity index (χ2v) is 3.42. The van der Waals surface area contributed by atoms with Gasteiger partial charge in [-0.25, -0.2) is 0 Å². The van der Waals surface area contributed by atoms with E-state index >= 15 is 0 Å². The zero-order chi connectivity index (χ0) is 10.6. The summed E-state index contributed by atoms with van der Waals surface area (Å²) in [4.78, 5) is 0. The Morgan fingerprint density at radius 1 is 1.57 bits per heavy atom. The van der Waals surface area contributed by atoms with Crippen LogP contribution in [0.4, 0.5) is 0 Å². The topological polar surface area (TPSA) is 55.5 Å². The molecule has 4 heteroatoms. The first-order valence-corrected chi connectivity index (χ1v) is 4.76. The molecule has 0 aliphatic heterocycles. The molecule has 1 atom stereocenters. The van der Waals surface area contributed by atoms with Crippen LogP contribution in [0.5, 0.6) is 5.75 Å². The maximum Gasteiger partial charge on any atom is 0.137 e. The van der Waals surface area contributed by atoms with Gasteiger partial charge < -0.3 is 15.6 Å². The Kier molecular flexibility index (Phi) is 4.20. The Labute approximate surface area is 88.4 Å². The number of hydrogen-bond acceptors (Lipinski definition) is 3. The number of nitrogens with two attached hydrogens (primary N) is 1. The van der Waals surface area contributed by atoms with E-state index in [4.69, 9.17) is 27.2 Å². The molecule has 0 saturated carbocycles. The lowest BCUT2D eigenvalue weighted by atomic mass is 10.1. The van der Waals surface area contributed by atoms with E-state index in [9.17, 15) is 0 Å². The molecular weight excluding hydrogens is 202 g/mol. The second kappa shape index (κ2) is 5.20. The largest absolute Gasteiger partial charge is 0.495 e. The third-order valence-electron chi connectivity index (χ3n) is 2.04. The third-order valence-corrected chi connectivity index (χ3v) is 2.36. The Balaban J connectivity index is 2.88. The average molecular weight is 216 g/mol. The molecule has 3 N–H and O–H groups in total. The molecule has 0 radical (unpaired) electrons. The van der Waals surface area contributed by atoms with Crippen molar-refractivity contribution >= 4 is 11.6 Å². The fraction of sp³-hybridized carbons (Fsp3) is 0.400. The molecule has 0 saturated heterocycles. The minimum atomic E-state index is -0.175. The van der Waals surface area contributed by atoms with E-state index in [0.29, 0.717) is 17.2 Å². The minimum absolute atomic E-state index is 0.0755. The molecular formula is C10H14ClNO2. The number of rotatable bonds is 4. The Morgan fingerprint density at radius 2 is 2.29 bits per heavy atom. The number of ether oxygens (including phenoxy) is 1. The molecule has 0 heterocycles. The van der Waals surface area contributed by atoms with Gasteiger partial charge in [0, 0.05) is 12.6 Å². The first-order valence-electron chi connectivity index (χ1n) is 4.39. The van der Waals surface area contributed by atoms with Gasteiger partial charge in [0.1, 0.15) is 5.75 Å². The van der Waals surface area contributed by atoms with Gasteiger partial charge in [-0.3, -0.25) is 0 Å². The van der Waals surface area contributed by atoms with Crippen molar-refractivity contribution < 1.29 is 9.84 Å². The highest BCUT2D eigenvalue weighted by Gasteiger charge is 2.08. The molecule has 0 unspecified atom stereocenters. The monoisotopic (exact) mass is 215 g/mol. The summed E-state index contributed by atoms with van der Waals surface area (Å²) in [5.41, 5.74) is 6.74. The van der Waals surface area contributed by atoms with Crippen molar-refractivity contribution in [3.05, 3.63) is 28.8 Å². The van der Waals surface area contributed by atoms with Gasteiger partial charge in [-0.2, -0.15) is 0 Å². The SMILES string of the molecule is COc1cc([C@@H](N)CCO)ccc1Cl. The van der Waals surface area contributed by atoms with E-state index in [1.807, 2.05) is 6.07 Å². The number of hydrogen-bond donors (Lipinski definition) is 2. The molecule has 0 aliphatic carbocycles. The molecule has 0 bridgehead atoms. The zero-order valence-corrected chi connectivity index (χ0v) is 8.79. The lowest BCUT2D eigenvalue weighted by Crippen LogP contribution is -2.11. The number of halogens is 1. The first-order chi connectivity index (χ1) is 6.69. The molecule has 1 rings (SSSR count). The Hall–Kier alpha value is -0.770. The molecule has 0 spiro atoms. The van der Waals surface area contributed by atoms with E-state index in [2.05, 4.69) is 0 Å². The molecule has 0 fully saturated rings. The third kappa shape index (κ3) is 2.61. The van der Waals surface area contributed by atoms with Crippen molar-refractivity contribution in [1.82, 2.24) is 0 Å². The number of methoxy groups -OCH3 is 1. The molecule has 3 nitrogen and oxygen atoms in total. The van der Waals surface area contributed by atoms with Crippen LogP contribution in [0.2, 0.25) is 5.02 Å². The number of benzene rings is 1. The molecule has 78 valence electrons. The summed E-state index contributed by atoms with van der Waals surface area (Å²) in [6, 6.07) is 5.20. The van der Waals surface area contributed by atoms with Crippen LogP contribution >= 0.6 is 11.6 Å². The van der Waals surface area contributed by atoms with Crippen molar-refractivity contribution in [2.75, 3.05) is 13.7 Å². The molecule has 0 aromatic heterocycles. The highest BCUT2D eigenvalue weighted by Crippen LogP contribution is 2.27. The van der Waals surface area contributed by atoms with Gasteiger partial charge in [-0.15, -0.1) is 0 Å². The predicted octanol–water partition coefficient (Wildman–Crippen LogP) is 1.73. The fourth-order valence-corrected chi connectivity index (χ4v) is 1.41.